The van der Waals surface area contributed by atoms with Crippen LogP contribution in [0.3, 0.4) is 0 Å². The third-order valence-electron chi connectivity index (χ3n) is 1.35. The first-order chi connectivity index (χ1) is 7.08. The van der Waals surface area contributed by atoms with Crippen LogP contribution >= 0.6 is 0 Å². The molecule has 1 aliphatic rings. The molecule has 4 N–H and O–H groups in total. The molecule has 0 saturated carbocycles. The molecule has 0 unspecified atom stereocenters. The van der Waals surface area contributed by atoms with Crippen molar-refractivity contribution in [3.05, 3.63) is 33.1 Å². The van der Waals surface area contributed by atoms with E-state index in [1.807, 2.05) is 10.3 Å². The molecule has 2 rings (SSSR count). The highest BCUT2D eigenvalue weighted by atomic mass is 16.2. The van der Waals surface area contributed by atoms with Crippen LogP contribution in [0, 0.1) is 0 Å². The number of aromatic amines is 2. The van der Waals surface area contributed by atoms with Gasteiger partial charge in [-0.25, -0.2) is 9.59 Å². The first-order valence-electron chi connectivity index (χ1n) is 3.93. The Balaban J connectivity index is 0.000000151. The number of H-pyrrole nitrogens is 2. The van der Waals surface area contributed by atoms with Crippen LogP contribution in [0.25, 0.3) is 0 Å². The fourth-order valence-electron chi connectivity index (χ4n) is 0.758. The van der Waals surface area contributed by atoms with Gasteiger partial charge < -0.3 is 10.3 Å². The van der Waals surface area contributed by atoms with E-state index in [0.717, 1.165) is 0 Å². The molecule has 0 aromatic carbocycles. The van der Waals surface area contributed by atoms with Gasteiger partial charge in [-0.15, -0.1) is 0 Å². The number of amides is 3. The molecule has 8 heteroatoms. The maximum atomic E-state index is 10.2. The third kappa shape index (κ3) is 3.89. The van der Waals surface area contributed by atoms with Crippen LogP contribution in [-0.2, 0) is 4.79 Å². The second kappa shape index (κ2) is 4.74. The van der Waals surface area contributed by atoms with E-state index >= 15 is 0 Å². The molecular formula is C7H8N4O4. The molecular weight excluding hydrogens is 204 g/mol. The van der Waals surface area contributed by atoms with Crippen LogP contribution in [0.5, 0.6) is 0 Å². The van der Waals surface area contributed by atoms with Crippen LogP contribution < -0.4 is 21.9 Å². The van der Waals surface area contributed by atoms with Crippen molar-refractivity contribution in [2.75, 3.05) is 6.54 Å². The van der Waals surface area contributed by atoms with Crippen molar-refractivity contribution in [1.82, 2.24) is 20.6 Å². The van der Waals surface area contributed by atoms with E-state index in [2.05, 4.69) is 10.3 Å². The number of rotatable bonds is 0. The largest absolute Gasteiger partial charge is 0.329 e. The van der Waals surface area contributed by atoms with Crippen LogP contribution in [0.4, 0.5) is 4.79 Å². The lowest BCUT2D eigenvalue weighted by Crippen LogP contribution is -2.22. The number of aromatic nitrogens is 2. The van der Waals surface area contributed by atoms with Crippen molar-refractivity contribution < 1.29 is 9.59 Å². The fraction of sp³-hybridized carbons (Fsp3) is 0.143. The normalized spacial score (nSPS) is 13.6. The average Bonchev–Trinajstić information content (AvgIpc) is 2.50. The van der Waals surface area contributed by atoms with Gasteiger partial charge >= 0.3 is 11.7 Å². The number of hydrogen-bond acceptors (Lipinski definition) is 4. The molecule has 0 aliphatic carbocycles. The smallest absolute Gasteiger partial charge is 0.325 e. The molecule has 0 radical (unpaired) electrons. The standard InChI is InChI=1S/C4H4N2O2.C3H4N2O2/c7-3-1-2-5-4(8)6-3;6-2-1-4-3(7)5-2/h1-2H,(H2,5,6,7,8);1H2,(H2,4,5,6,7). The highest BCUT2D eigenvalue weighted by Gasteiger charge is 2.14. The minimum absolute atomic E-state index is 0.124. The van der Waals surface area contributed by atoms with Crippen LogP contribution in [0.2, 0.25) is 0 Å². The zero-order valence-electron chi connectivity index (χ0n) is 7.49. The third-order valence-corrected chi connectivity index (χ3v) is 1.35. The van der Waals surface area contributed by atoms with Crippen LogP contribution in [0.15, 0.2) is 21.9 Å². The van der Waals surface area contributed by atoms with Crippen LogP contribution in [0.1, 0.15) is 0 Å². The predicted octanol–water partition coefficient (Wildman–Crippen LogP) is -2.11. The van der Waals surface area contributed by atoms with Gasteiger partial charge in [0, 0.05) is 12.3 Å². The average molecular weight is 212 g/mol. The summed E-state index contributed by atoms with van der Waals surface area (Å²) in [5.74, 6) is -0.259. The molecule has 1 aromatic heterocycles. The summed E-state index contributed by atoms with van der Waals surface area (Å²) >= 11 is 0. The van der Waals surface area contributed by atoms with E-state index in [-0.39, 0.29) is 18.0 Å². The predicted molar refractivity (Wildman–Crippen MR) is 49.2 cm³/mol. The number of imide groups is 1. The first-order valence-corrected chi connectivity index (χ1v) is 3.93. The Morgan fingerprint density at radius 2 is 1.87 bits per heavy atom. The number of carbonyl (C=O) groups excluding carboxylic acids is 2. The Kier molecular flexibility index (Phi) is 3.38. The second-order valence-electron chi connectivity index (χ2n) is 2.53. The van der Waals surface area contributed by atoms with Gasteiger partial charge in [-0.1, -0.05) is 0 Å². The Bertz CT molecular complexity index is 435. The number of nitrogens with one attached hydrogen (secondary N) is 4. The van der Waals surface area contributed by atoms with Crippen molar-refractivity contribution >= 4 is 11.9 Å². The molecule has 3 amide bonds. The molecule has 8 nitrogen and oxygen atoms in total. The van der Waals surface area contributed by atoms with Gasteiger partial charge in [-0.3, -0.25) is 19.9 Å². The van der Waals surface area contributed by atoms with Crippen molar-refractivity contribution in [1.29, 1.82) is 0 Å². The van der Waals surface area contributed by atoms with Gasteiger partial charge in [0.05, 0.1) is 6.54 Å². The molecule has 80 valence electrons. The molecule has 1 aliphatic heterocycles. The molecule has 0 spiro atoms. The van der Waals surface area contributed by atoms with Gasteiger partial charge in [0.25, 0.3) is 5.56 Å². The second-order valence-corrected chi connectivity index (χ2v) is 2.53. The topological polar surface area (TPSA) is 124 Å². The lowest BCUT2D eigenvalue weighted by molar-refractivity contribution is -0.117. The molecule has 2 heterocycles. The Hall–Kier alpha value is -2.38. The molecule has 15 heavy (non-hydrogen) atoms. The zero-order chi connectivity index (χ0) is 11.3. The van der Waals surface area contributed by atoms with E-state index < -0.39 is 11.7 Å². The van der Waals surface area contributed by atoms with Crippen molar-refractivity contribution in [3.63, 3.8) is 0 Å². The summed E-state index contributed by atoms with van der Waals surface area (Å²) in [5, 5.41) is 4.30. The SMILES string of the molecule is O=C1CNC(=O)N1.O=c1cc[nH]c(=O)[nH]1. The van der Waals surface area contributed by atoms with E-state index in [0.29, 0.717) is 0 Å². The quantitative estimate of drug-likeness (QED) is 0.367. The first kappa shape index (κ1) is 10.7. The van der Waals surface area contributed by atoms with Gasteiger partial charge in [0.1, 0.15) is 0 Å². The fourth-order valence-corrected chi connectivity index (χ4v) is 0.758. The van der Waals surface area contributed by atoms with Gasteiger partial charge in [-0.05, 0) is 0 Å². The van der Waals surface area contributed by atoms with Crippen molar-refractivity contribution in [2.24, 2.45) is 0 Å². The maximum Gasteiger partial charge on any atom is 0.325 e. The molecule has 1 aromatic rings. The van der Waals surface area contributed by atoms with Crippen molar-refractivity contribution in [2.45, 2.75) is 0 Å². The summed E-state index contributed by atoms with van der Waals surface area (Å²) in [6, 6.07) is 0.839. The Morgan fingerprint density at radius 1 is 1.13 bits per heavy atom. The summed E-state index contributed by atoms with van der Waals surface area (Å²) in [7, 11) is 0. The highest BCUT2D eigenvalue weighted by molar-refractivity contribution is 6.01. The van der Waals surface area contributed by atoms with Crippen molar-refractivity contribution in [3.8, 4) is 0 Å². The lowest BCUT2D eigenvalue weighted by atomic mass is 10.7. The molecule has 1 fully saturated rings. The van der Waals surface area contributed by atoms with Gasteiger partial charge in [0.2, 0.25) is 5.91 Å². The zero-order valence-corrected chi connectivity index (χ0v) is 7.49. The van der Waals surface area contributed by atoms with Gasteiger partial charge in [0.15, 0.2) is 0 Å². The molecule has 1 saturated heterocycles. The van der Waals surface area contributed by atoms with E-state index in [1.54, 1.807) is 0 Å². The summed E-state index contributed by atoms with van der Waals surface area (Å²) in [4.78, 5) is 44.7. The Morgan fingerprint density at radius 3 is 2.13 bits per heavy atom. The molecule has 0 atom stereocenters. The highest BCUT2D eigenvalue weighted by Crippen LogP contribution is 1.73. The van der Waals surface area contributed by atoms with E-state index in [9.17, 15) is 19.2 Å². The number of carbonyl (C=O) groups is 2. The Labute approximate surface area is 82.7 Å². The van der Waals surface area contributed by atoms with E-state index in [1.165, 1.54) is 12.3 Å². The summed E-state index contributed by atoms with van der Waals surface area (Å²) in [5.41, 5.74) is -0.855. The minimum Gasteiger partial charge on any atom is -0.329 e. The maximum absolute atomic E-state index is 10.2. The number of hydrogen-bond donors (Lipinski definition) is 4. The minimum atomic E-state index is -0.475. The van der Waals surface area contributed by atoms with Crippen LogP contribution in [-0.4, -0.2) is 28.5 Å². The summed E-state index contributed by atoms with van der Waals surface area (Å²) in [6.07, 6.45) is 1.29. The van der Waals surface area contributed by atoms with E-state index in [4.69, 9.17) is 0 Å². The summed E-state index contributed by atoms with van der Waals surface area (Å²) in [6.45, 7) is 0.124. The van der Waals surface area contributed by atoms with Gasteiger partial charge in [-0.2, -0.15) is 0 Å². The molecule has 0 bridgehead atoms. The summed E-state index contributed by atoms with van der Waals surface area (Å²) < 4.78 is 0. The lowest BCUT2D eigenvalue weighted by Gasteiger charge is -1.78. The number of urea groups is 1. The monoisotopic (exact) mass is 212 g/mol.